The fourth-order valence-electron chi connectivity index (χ4n) is 4.17. The average Bonchev–Trinajstić information content (AvgIpc) is 3.12. The maximum Gasteiger partial charge on any atom is 0.0638 e. The van der Waals surface area contributed by atoms with Crippen molar-refractivity contribution >= 4 is 16.6 Å². The van der Waals surface area contributed by atoms with Crippen LogP contribution in [0.1, 0.15) is 61.3 Å². The van der Waals surface area contributed by atoms with Crippen LogP contribution in [0.4, 0.5) is 0 Å². The van der Waals surface area contributed by atoms with Crippen molar-refractivity contribution in [3.63, 3.8) is 0 Å². The van der Waals surface area contributed by atoms with Gasteiger partial charge in [-0.2, -0.15) is 0 Å². The van der Waals surface area contributed by atoms with E-state index in [9.17, 15) is 0 Å². The van der Waals surface area contributed by atoms with Gasteiger partial charge in [0.1, 0.15) is 0 Å². The summed E-state index contributed by atoms with van der Waals surface area (Å²) < 4.78 is 0. The highest BCUT2D eigenvalue weighted by Gasteiger charge is 2.23. The zero-order chi connectivity index (χ0) is 14.9. The number of H-pyrrole nitrogens is 1. The molecule has 0 atom stereocenters. The third-order valence-electron chi connectivity index (χ3n) is 5.31. The number of rotatable bonds is 3. The molecule has 3 nitrogen and oxygen atoms in total. The van der Waals surface area contributed by atoms with Crippen molar-refractivity contribution in [3.05, 3.63) is 35.0 Å². The molecule has 2 aliphatic carbocycles. The third kappa shape index (κ3) is 2.38. The molecule has 0 aliphatic heterocycles. The van der Waals surface area contributed by atoms with Gasteiger partial charge in [-0.1, -0.05) is 25.3 Å². The molecule has 1 aromatic carbocycles. The molecule has 0 radical (unpaired) electrons. The van der Waals surface area contributed by atoms with Crippen molar-refractivity contribution < 1.29 is 5.11 Å². The van der Waals surface area contributed by atoms with E-state index in [1.807, 2.05) is 0 Å². The molecule has 116 valence electrons. The van der Waals surface area contributed by atoms with Crippen LogP contribution < -0.4 is 0 Å². The van der Waals surface area contributed by atoms with Crippen LogP contribution in [0.3, 0.4) is 0 Å². The zero-order valence-electron chi connectivity index (χ0n) is 13.1. The van der Waals surface area contributed by atoms with Gasteiger partial charge in [0, 0.05) is 10.9 Å². The molecule has 0 spiro atoms. The molecule has 0 amide bonds. The number of aromatic amines is 1. The van der Waals surface area contributed by atoms with Crippen LogP contribution in [0, 0.1) is 0 Å². The highest BCUT2D eigenvalue weighted by atomic mass is 16.3. The van der Waals surface area contributed by atoms with Crippen molar-refractivity contribution in [2.45, 2.75) is 50.9 Å². The summed E-state index contributed by atoms with van der Waals surface area (Å²) in [5.74, 6) is 0.757. The van der Waals surface area contributed by atoms with Crippen LogP contribution in [0.15, 0.2) is 23.2 Å². The fourth-order valence-corrected chi connectivity index (χ4v) is 4.17. The average molecular weight is 296 g/mol. The van der Waals surface area contributed by atoms with Crippen LogP contribution in [0.5, 0.6) is 0 Å². The van der Waals surface area contributed by atoms with Gasteiger partial charge >= 0.3 is 0 Å². The summed E-state index contributed by atoms with van der Waals surface area (Å²) in [5, 5.41) is 10.4. The Labute approximate surface area is 131 Å². The number of aliphatic hydroxyl groups excluding tert-OH is 1. The van der Waals surface area contributed by atoms with E-state index in [4.69, 9.17) is 5.11 Å². The molecule has 3 heteroatoms. The molecule has 0 saturated heterocycles. The zero-order valence-corrected chi connectivity index (χ0v) is 13.1. The molecule has 0 bridgehead atoms. The molecule has 2 N–H and O–H groups in total. The SMILES string of the molecule is OCCN=C1CCc2c1[nH]c1ccc(C3CCCCC3)cc21. The third-order valence-corrected chi connectivity index (χ3v) is 5.31. The van der Waals surface area contributed by atoms with Crippen LogP contribution >= 0.6 is 0 Å². The molecule has 1 aromatic heterocycles. The van der Waals surface area contributed by atoms with E-state index in [2.05, 4.69) is 28.2 Å². The van der Waals surface area contributed by atoms with Gasteiger partial charge in [-0.15, -0.1) is 0 Å². The number of nitrogens with zero attached hydrogens (tertiary/aromatic N) is 1. The summed E-state index contributed by atoms with van der Waals surface area (Å²) in [6.07, 6.45) is 8.95. The summed E-state index contributed by atoms with van der Waals surface area (Å²) >= 11 is 0. The number of aliphatic hydroxyl groups is 1. The minimum absolute atomic E-state index is 0.130. The minimum Gasteiger partial charge on any atom is -0.394 e. The van der Waals surface area contributed by atoms with E-state index < -0.39 is 0 Å². The first-order valence-electron chi connectivity index (χ1n) is 8.66. The Hall–Kier alpha value is -1.61. The van der Waals surface area contributed by atoms with Crippen molar-refractivity contribution in [3.8, 4) is 0 Å². The Kier molecular flexibility index (Phi) is 3.75. The summed E-state index contributed by atoms with van der Waals surface area (Å²) in [5.41, 5.74) is 6.55. The molecular formula is C19H24N2O. The van der Waals surface area contributed by atoms with Gasteiger partial charge < -0.3 is 10.1 Å². The van der Waals surface area contributed by atoms with Gasteiger partial charge in [-0.3, -0.25) is 4.99 Å². The largest absolute Gasteiger partial charge is 0.394 e. The Morgan fingerprint density at radius 3 is 2.82 bits per heavy atom. The molecule has 2 aromatic rings. The highest BCUT2D eigenvalue weighted by molar-refractivity contribution is 6.08. The van der Waals surface area contributed by atoms with Crippen molar-refractivity contribution in [1.82, 2.24) is 4.98 Å². The lowest BCUT2D eigenvalue weighted by Crippen LogP contribution is -2.04. The number of fused-ring (bicyclic) bond motifs is 3. The minimum atomic E-state index is 0.130. The lowest BCUT2D eigenvalue weighted by Gasteiger charge is -2.22. The van der Waals surface area contributed by atoms with Gasteiger partial charge in [-0.25, -0.2) is 0 Å². The van der Waals surface area contributed by atoms with Gasteiger partial charge in [0.15, 0.2) is 0 Å². The number of nitrogens with one attached hydrogen (secondary N) is 1. The van der Waals surface area contributed by atoms with E-state index in [-0.39, 0.29) is 6.61 Å². The molecular weight excluding hydrogens is 272 g/mol. The van der Waals surface area contributed by atoms with E-state index in [0.717, 1.165) is 24.5 Å². The Balaban J connectivity index is 1.71. The maximum atomic E-state index is 8.98. The summed E-state index contributed by atoms with van der Waals surface area (Å²) in [6.45, 7) is 0.641. The summed E-state index contributed by atoms with van der Waals surface area (Å²) in [7, 11) is 0. The summed E-state index contributed by atoms with van der Waals surface area (Å²) in [4.78, 5) is 8.08. The van der Waals surface area contributed by atoms with E-state index in [1.165, 1.54) is 59.8 Å². The van der Waals surface area contributed by atoms with Gasteiger partial charge in [0.25, 0.3) is 0 Å². The smallest absolute Gasteiger partial charge is 0.0638 e. The monoisotopic (exact) mass is 296 g/mol. The topological polar surface area (TPSA) is 48.4 Å². The number of aromatic nitrogens is 1. The van der Waals surface area contributed by atoms with E-state index in [0.29, 0.717) is 6.54 Å². The lowest BCUT2D eigenvalue weighted by atomic mass is 9.83. The first-order valence-corrected chi connectivity index (χ1v) is 8.66. The van der Waals surface area contributed by atoms with Crippen molar-refractivity contribution in [1.29, 1.82) is 0 Å². The second-order valence-electron chi connectivity index (χ2n) is 6.67. The molecule has 1 fully saturated rings. The molecule has 1 saturated carbocycles. The Morgan fingerprint density at radius 2 is 2.00 bits per heavy atom. The quantitative estimate of drug-likeness (QED) is 0.885. The molecule has 22 heavy (non-hydrogen) atoms. The fraction of sp³-hybridized carbons (Fsp3) is 0.526. The predicted octanol–water partition coefficient (Wildman–Crippen LogP) is 3.94. The molecule has 0 unspecified atom stereocenters. The number of benzene rings is 1. The molecule has 4 rings (SSSR count). The molecule has 1 heterocycles. The number of hydrogen-bond acceptors (Lipinski definition) is 2. The van der Waals surface area contributed by atoms with E-state index >= 15 is 0 Å². The van der Waals surface area contributed by atoms with Crippen LogP contribution in [-0.2, 0) is 6.42 Å². The maximum absolute atomic E-state index is 8.98. The first-order chi connectivity index (χ1) is 10.9. The second-order valence-corrected chi connectivity index (χ2v) is 6.67. The standard InChI is InChI=1S/C19H24N2O/c22-11-10-20-18-9-7-15-16-12-14(13-4-2-1-3-5-13)6-8-17(16)21-19(15)18/h6,8,12-13,21-22H,1-5,7,9-11H2. The summed E-state index contributed by atoms with van der Waals surface area (Å²) in [6, 6.07) is 6.99. The predicted molar refractivity (Wildman–Crippen MR) is 90.9 cm³/mol. The van der Waals surface area contributed by atoms with Crippen LogP contribution in [0.25, 0.3) is 10.9 Å². The number of hydrogen-bond donors (Lipinski definition) is 2. The van der Waals surface area contributed by atoms with Crippen LogP contribution in [-0.4, -0.2) is 29.0 Å². The normalized spacial score (nSPS) is 20.9. The highest BCUT2D eigenvalue weighted by Crippen LogP contribution is 2.36. The van der Waals surface area contributed by atoms with E-state index in [1.54, 1.807) is 0 Å². The van der Waals surface area contributed by atoms with Gasteiger partial charge in [0.05, 0.1) is 24.6 Å². The lowest BCUT2D eigenvalue weighted by molar-refractivity contribution is 0.307. The van der Waals surface area contributed by atoms with Crippen molar-refractivity contribution in [2.75, 3.05) is 13.2 Å². The first kappa shape index (κ1) is 14.0. The number of aliphatic imine (C=N–C) groups is 1. The van der Waals surface area contributed by atoms with Crippen LogP contribution in [0.2, 0.25) is 0 Å². The van der Waals surface area contributed by atoms with Gasteiger partial charge in [0.2, 0.25) is 0 Å². The number of aryl methyl sites for hydroxylation is 1. The Morgan fingerprint density at radius 1 is 1.14 bits per heavy atom. The van der Waals surface area contributed by atoms with Gasteiger partial charge in [-0.05, 0) is 54.9 Å². The second kappa shape index (κ2) is 5.88. The van der Waals surface area contributed by atoms with Crippen molar-refractivity contribution in [2.24, 2.45) is 4.99 Å². The Bertz CT molecular complexity index is 708. The molecule has 2 aliphatic rings.